The minimum absolute atomic E-state index is 0.0352. The summed E-state index contributed by atoms with van der Waals surface area (Å²) in [5, 5.41) is 14.3. The van der Waals surface area contributed by atoms with Crippen molar-refractivity contribution in [3.8, 4) is 0 Å². The fraction of sp³-hybridized carbons (Fsp3) is 0.750. The summed E-state index contributed by atoms with van der Waals surface area (Å²) in [4.78, 5) is 16.8. The van der Waals surface area contributed by atoms with Gasteiger partial charge in [0, 0.05) is 39.3 Å². The summed E-state index contributed by atoms with van der Waals surface area (Å²) < 4.78 is 1.73. The molecule has 1 aliphatic heterocycles. The maximum Gasteiger partial charge on any atom is 0.258 e. The van der Waals surface area contributed by atoms with Crippen LogP contribution < -0.4 is 0 Å². The highest BCUT2D eigenvalue weighted by atomic mass is 35.5. The number of aromatic nitrogens is 2. The zero-order chi connectivity index (χ0) is 17.0. The average Bonchev–Trinajstić information content (AvgIpc) is 2.79. The maximum absolute atomic E-state index is 12.8. The van der Waals surface area contributed by atoms with Crippen LogP contribution in [0.2, 0.25) is 5.15 Å². The molecule has 0 aromatic carbocycles. The van der Waals surface area contributed by atoms with Crippen molar-refractivity contribution in [3.63, 3.8) is 0 Å². The van der Waals surface area contributed by atoms with E-state index in [-0.39, 0.29) is 12.0 Å². The van der Waals surface area contributed by atoms with E-state index in [2.05, 4.69) is 16.9 Å². The minimum atomic E-state index is -0.342. The lowest BCUT2D eigenvalue weighted by atomic mass is 10.2. The number of rotatable bonds is 6. The van der Waals surface area contributed by atoms with Gasteiger partial charge in [0.2, 0.25) is 0 Å². The number of piperazine rings is 1. The molecular weight excluding hydrogens is 316 g/mol. The van der Waals surface area contributed by atoms with Crippen molar-refractivity contribution in [3.05, 3.63) is 16.4 Å². The number of hydrogen-bond acceptors (Lipinski definition) is 4. The lowest BCUT2D eigenvalue weighted by Gasteiger charge is -2.35. The fourth-order valence-electron chi connectivity index (χ4n) is 2.92. The van der Waals surface area contributed by atoms with Crippen LogP contribution in [0, 0.1) is 6.92 Å². The summed E-state index contributed by atoms with van der Waals surface area (Å²) in [6, 6.07) is 0. The summed E-state index contributed by atoms with van der Waals surface area (Å²) in [5.74, 6) is -0.0352. The van der Waals surface area contributed by atoms with E-state index >= 15 is 0 Å². The second-order valence-electron chi connectivity index (χ2n) is 6.27. The lowest BCUT2D eigenvalue weighted by Crippen LogP contribution is -2.50. The smallest absolute Gasteiger partial charge is 0.258 e. The number of unbranched alkanes of at least 4 members (excludes halogenated alkanes) is 1. The molecule has 6 nitrogen and oxygen atoms in total. The summed E-state index contributed by atoms with van der Waals surface area (Å²) in [6.45, 7) is 9.99. The second-order valence-corrected chi connectivity index (χ2v) is 6.63. The Morgan fingerprint density at radius 2 is 2.00 bits per heavy atom. The summed E-state index contributed by atoms with van der Waals surface area (Å²) in [6.07, 6.45) is 1.71. The molecule has 1 aromatic heterocycles. The van der Waals surface area contributed by atoms with E-state index < -0.39 is 0 Å². The summed E-state index contributed by atoms with van der Waals surface area (Å²) in [5.41, 5.74) is 1.23. The van der Waals surface area contributed by atoms with Crippen LogP contribution in [0.5, 0.6) is 0 Å². The molecular formula is C16H27ClN4O2. The van der Waals surface area contributed by atoms with Crippen LogP contribution in [0.25, 0.3) is 0 Å². The predicted molar refractivity (Wildman–Crippen MR) is 90.9 cm³/mol. The van der Waals surface area contributed by atoms with Gasteiger partial charge in [-0.1, -0.05) is 24.9 Å². The molecule has 0 aliphatic carbocycles. The Morgan fingerprint density at radius 1 is 1.35 bits per heavy atom. The van der Waals surface area contributed by atoms with Gasteiger partial charge in [-0.05, 0) is 20.3 Å². The third kappa shape index (κ3) is 4.46. The molecule has 0 bridgehead atoms. The predicted octanol–water partition coefficient (Wildman–Crippen LogP) is 1.78. The third-order valence-corrected chi connectivity index (χ3v) is 4.57. The number of carbonyl (C=O) groups excluding carboxylic acids is 1. The van der Waals surface area contributed by atoms with Crippen LogP contribution in [0.1, 0.15) is 42.7 Å². The van der Waals surface area contributed by atoms with Crippen molar-refractivity contribution in [1.82, 2.24) is 19.6 Å². The van der Waals surface area contributed by atoms with Crippen molar-refractivity contribution in [2.24, 2.45) is 0 Å². The fourth-order valence-corrected chi connectivity index (χ4v) is 3.26. The Labute approximate surface area is 143 Å². The van der Waals surface area contributed by atoms with E-state index in [1.807, 2.05) is 11.8 Å². The van der Waals surface area contributed by atoms with Crippen molar-refractivity contribution >= 4 is 17.5 Å². The van der Waals surface area contributed by atoms with Gasteiger partial charge in [-0.15, -0.1) is 0 Å². The lowest BCUT2D eigenvalue weighted by molar-refractivity contribution is 0.0553. The first-order valence-corrected chi connectivity index (χ1v) is 8.74. The highest BCUT2D eigenvalue weighted by molar-refractivity contribution is 6.33. The monoisotopic (exact) mass is 342 g/mol. The molecule has 0 radical (unpaired) electrons. The highest BCUT2D eigenvalue weighted by Gasteiger charge is 2.27. The van der Waals surface area contributed by atoms with Gasteiger partial charge >= 0.3 is 0 Å². The molecule has 2 heterocycles. The maximum atomic E-state index is 12.8. The second kappa shape index (κ2) is 8.13. The number of β-amino-alcohol motifs (C(OH)–C–C–N with tert-alkyl or cyclic N) is 1. The third-order valence-electron chi connectivity index (χ3n) is 4.18. The largest absolute Gasteiger partial charge is 0.392 e. The van der Waals surface area contributed by atoms with E-state index in [9.17, 15) is 9.90 Å². The van der Waals surface area contributed by atoms with Crippen molar-refractivity contribution in [1.29, 1.82) is 0 Å². The number of aliphatic hydroxyl groups excluding tert-OH is 1. The Morgan fingerprint density at radius 3 is 2.57 bits per heavy atom. The van der Waals surface area contributed by atoms with Gasteiger partial charge in [0.05, 0.1) is 17.4 Å². The zero-order valence-electron chi connectivity index (χ0n) is 14.3. The zero-order valence-corrected chi connectivity index (χ0v) is 15.0. The Kier molecular flexibility index (Phi) is 6.44. The first kappa shape index (κ1) is 18.2. The van der Waals surface area contributed by atoms with Crippen LogP contribution >= 0.6 is 11.6 Å². The van der Waals surface area contributed by atoms with Gasteiger partial charge < -0.3 is 10.0 Å². The number of nitrogens with zero attached hydrogens (tertiary/aromatic N) is 4. The normalized spacial score (nSPS) is 17.5. The van der Waals surface area contributed by atoms with Crippen molar-refractivity contribution in [2.75, 3.05) is 32.7 Å². The average molecular weight is 343 g/mol. The minimum Gasteiger partial charge on any atom is -0.392 e. The molecule has 1 amide bonds. The number of aryl methyl sites for hydroxylation is 2. The van der Waals surface area contributed by atoms with Gasteiger partial charge in [0.25, 0.3) is 5.91 Å². The standard InChI is InChI=1S/C16H27ClN4O2/c1-4-5-6-21-15(17)14(13(3)18-21)16(23)20-9-7-19(8-10-20)11-12(2)22/h12,22H,4-11H2,1-3H3. The summed E-state index contributed by atoms with van der Waals surface area (Å²) >= 11 is 6.39. The van der Waals surface area contributed by atoms with E-state index in [4.69, 9.17) is 11.6 Å². The van der Waals surface area contributed by atoms with E-state index in [1.54, 1.807) is 11.6 Å². The molecule has 1 saturated heterocycles. The molecule has 23 heavy (non-hydrogen) atoms. The molecule has 1 aromatic rings. The van der Waals surface area contributed by atoms with E-state index in [1.165, 1.54) is 0 Å². The molecule has 0 saturated carbocycles. The number of hydrogen-bond donors (Lipinski definition) is 1. The van der Waals surface area contributed by atoms with E-state index in [0.717, 1.165) is 32.5 Å². The van der Waals surface area contributed by atoms with Crippen LogP contribution in [-0.4, -0.2) is 69.4 Å². The van der Waals surface area contributed by atoms with E-state index in [0.29, 0.717) is 36.0 Å². The highest BCUT2D eigenvalue weighted by Crippen LogP contribution is 2.22. The molecule has 1 atom stereocenters. The van der Waals surface area contributed by atoms with Crippen LogP contribution in [0.15, 0.2) is 0 Å². The van der Waals surface area contributed by atoms with Gasteiger partial charge in [0.15, 0.2) is 0 Å². The summed E-state index contributed by atoms with van der Waals surface area (Å²) in [7, 11) is 0. The van der Waals surface area contributed by atoms with Crippen molar-refractivity contribution < 1.29 is 9.90 Å². The topological polar surface area (TPSA) is 61.6 Å². The number of aliphatic hydroxyl groups is 1. The molecule has 2 rings (SSSR count). The van der Waals surface area contributed by atoms with Crippen LogP contribution in [0.4, 0.5) is 0 Å². The first-order valence-electron chi connectivity index (χ1n) is 8.36. The molecule has 1 aliphatic rings. The number of halogens is 1. The Bertz CT molecular complexity index is 536. The molecule has 1 N–H and O–H groups in total. The molecule has 1 unspecified atom stereocenters. The number of carbonyl (C=O) groups is 1. The van der Waals surface area contributed by atoms with Crippen LogP contribution in [0.3, 0.4) is 0 Å². The molecule has 0 spiro atoms. The SMILES string of the molecule is CCCCn1nc(C)c(C(=O)N2CCN(CC(C)O)CC2)c1Cl. The molecule has 7 heteroatoms. The van der Waals surface area contributed by atoms with Gasteiger partial charge in [-0.3, -0.25) is 14.4 Å². The number of amides is 1. The Hall–Kier alpha value is -1.11. The van der Waals surface area contributed by atoms with Crippen LogP contribution in [-0.2, 0) is 6.54 Å². The molecule has 130 valence electrons. The first-order chi connectivity index (χ1) is 10.9. The molecule has 1 fully saturated rings. The Balaban J connectivity index is 2.02. The van der Waals surface area contributed by atoms with Gasteiger partial charge in [-0.25, -0.2) is 0 Å². The van der Waals surface area contributed by atoms with Crippen molar-refractivity contribution in [2.45, 2.75) is 46.3 Å². The quantitative estimate of drug-likeness (QED) is 0.856. The van der Waals surface area contributed by atoms with Gasteiger partial charge in [0.1, 0.15) is 5.15 Å². The van der Waals surface area contributed by atoms with Gasteiger partial charge in [-0.2, -0.15) is 5.10 Å².